The van der Waals surface area contributed by atoms with Crippen molar-refractivity contribution in [1.82, 2.24) is 4.90 Å². The summed E-state index contributed by atoms with van der Waals surface area (Å²) in [6.07, 6.45) is 6.12. The third kappa shape index (κ3) is 3.82. The Bertz CT molecular complexity index is 433. The van der Waals surface area contributed by atoms with Crippen LogP contribution in [0.15, 0.2) is 28.7 Å². The number of amides is 1. The average molecular weight is 324 g/mol. The van der Waals surface area contributed by atoms with Gasteiger partial charge in [0.05, 0.1) is 5.56 Å². The average Bonchev–Trinajstić information content (AvgIpc) is 2.65. The zero-order valence-corrected chi connectivity index (χ0v) is 13.2. The van der Waals surface area contributed by atoms with Gasteiger partial charge >= 0.3 is 0 Å². The zero-order valence-electron chi connectivity index (χ0n) is 11.6. The first-order valence-electron chi connectivity index (χ1n) is 7.26. The number of carbonyl (C=O) groups excluding carboxylic acids is 1. The van der Waals surface area contributed by atoms with Gasteiger partial charge in [-0.3, -0.25) is 4.79 Å². The molecule has 0 radical (unpaired) electrons. The minimum Gasteiger partial charge on any atom is -0.339 e. The fraction of sp³-hybridized carbons (Fsp3) is 0.562. The van der Waals surface area contributed by atoms with E-state index >= 15 is 0 Å². The van der Waals surface area contributed by atoms with Crippen molar-refractivity contribution < 1.29 is 4.79 Å². The van der Waals surface area contributed by atoms with Gasteiger partial charge in [0, 0.05) is 17.6 Å². The van der Waals surface area contributed by atoms with E-state index in [1.54, 1.807) is 0 Å². The quantitative estimate of drug-likeness (QED) is 0.802. The molecule has 104 valence electrons. The SMILES string of the molecule is CCCC1CCCN(C(=O)c2ccccc2Br)CC1. The van der Waals surface area contributed by atoms with Crippen molar-refractivity contribution in [2.45, 2.75) is 39.0 Å². The Morgan fingerprint density at radius 3 is 2.84 bits per heavy atom. The third-order valence-electron chi connectivity index (χ3n) is 3.94. The standard InChI is InChI=1S/C16H22BrNO/c1-2-6-13-7-5-11-18(12-10-13)16(19)14-8-3-4-9-15(14)17/h3-4,8-9,13H,2,5-7,10-12H2,1H3. The summed E-state index contributed by atoms with van der Waals surface area (Å²) in [7, 11) is 0. The van der Waals surface area contributed by atoms with Gasteiger partial charge < -0.3 is 4.90 Å². The Hall–Kier alpha value is -0.830. The van der Waals surface area contributed by atoms with E-state index in [-0.39, 0.29) is 5.91 Å². The number of carbonyl (C=O) groups is 1. The third-order valence-corrected chi connectivity index (χ3v) is 4.63. The molecular formula is C16H22BrNO. The smallest absolute Gasteiger partial charge is 0.254 e. The Labute approximate surface area is 124 Å². The van der Waals surface area contributed by atoms with Crippen LogP contribution >= 0.6 is 15.9 Å². The fourth-order valence-electron chi connectivity index (χ4n) is 2.87. The van der Waals surface area contributed by atoms with Gasteiger partial charge in [0.2, 0.25) is 0 Å². The van der Waals surface area contributed by atoms with E-state index in [4.69, 9.17) is 0 Å². The highest BCUT2D eigenvalue weighted by atomic mass is 79.9. The van der Waals surface area contributed by atoms with Crippen LogP contribution in [-0.4, -0.2) is 23.9 Å². The van der Waals surface area contributed by atoms with Crippen molar-refractivity contribution in [2.24, 2.45) is 5.92 Å². The minimum absolute atomic E-state index is 0.171. The van der Waals surface area contributed by atoms with Crippen molar-refractivity contribution in [2.75, 3.05) is 13.1 Å². The second-order valence-corrected chi connectivity index (χ2v) is 6.21. The summed E-state index contributed by atoms with van der Waals surface area (Å²) in [5.74, 6) is 0.978. The van der Waals surface area contributed by atoms with Crippen LogP contribution in [0.5, 0.6) is 0 Å². The van der Waals surface area contributed by atoms with Crippen molar-refractivity contribution in [1.29, 1.82) is 0 Å². The highest BCUT2D eigenvalue weighted by Gasteiger charge is 2.22. The maximum Gasteiger partial charge on any atom is 0.254 e. The number of nitrogens with zero attached hydrogens (tertiary/aromatic N) is 1. The highest BCUT2D eigenvalue weighted by molar-refractivity contribution is 9.10. The molecular weight excluding hydrogens is 302 g/mol. The summed E-state index contributed by atoms with van der Waals surface area (Å²) >= 11 is 3.47. The van der Waals surface area contributed by atoms with Crippen molar-refractivity contribution >= 4 is 21.8 Å². The molecule has 2 nitrogen and oxygen atoms in total. The lowest BCUT2D eigenvalue weighted by Gasteiger charge is -2.21. The summed E-state index contributed by atoms with van der Waals surface area (Å²) in [6, 6.07) is 7.71. The summed E-state index contributed by atoms with van der Waals surface area (Å²) in [4.78, 5) is 14.6. The first kappa shape index (κ1) is 14.6. The molecule has 3 heteroatoms. The number of rotatable bonds is 3. The highest BCUT2D eigenvalue weighted by Crippen LogP contribution is 2.24. The number of benzene rings is 1. The van der Waals surface area contributed by atoms with E-state index < -0.39 is 0 Å². The van der Waals surface area contributed by atoms with Gasteiger partial charge in [-0.25, -0.2) is 0 Å². The molecule has 1 atom stereocenters. The molecule has 1 aliphatic heterocycles. The van der Waals surface area contributed by atoms with Crippen LogP contribution in [0.3, 0.4) is 0 Å². The molecule has 1 saturated heterocycles. The van der Waals surface area contributed by atoms with Crippen molar-refractivity contribution in [3.63, 3.8) is 0 Å². The number of hydrogen-bond donors (Lipinski definition) is 0. The van der Waals surface area contributed by atoms with Gasteiger partial charge in [0.25, 0.3) is 5.91 Å². The van der Waals surface area contributed by atoms with E-state index in [1.807, 2.05) is 29.2 Å². The van der Waals surface area contributed by atoms with E-state index in [9.17, 15) is 4.79 Å². The molecule has 0 spiro atoms. The maximum absolute atomic E-state index is 12.5. The monoisotopic (exact) mass is 323 g/mol. The maximum atomic E-state index is 12.5. The van der Waals surface area contributed by atoms with E-state index in [0.717, 1.165) is 41.9 Å². The fourth-order valence-corrected chi connectivity index (χ4v) is 3.32. The van der Waals surface area contributed by atoms with Gasteiger partial charge in [-0.05, 0) is 53.2 Å². The van der Waals surface area contributed by atoms with Crippen LogP contribution in [-0.2, 0) is 0 Å². The molecule has 1 aromatic rings. The van der Waals surface area contributed by atoms with Crippen LogP contribution in [0.2, 0.25) is 0 Å². The molecule has 1 fully saturated rings. The van der Waals surface area contributed by atoms with Gasteiger partial charge in [-0.2, -0.15) is 0 Å². The van der Waals surface area contributed by atoms with Crippen LogP contribution in [0.25, 0.3) is 0 Å². The van der Waals surface area contributed by atoms with Crippen molar-refractivity contribution in [3.05, 3.63) is 34.3 Å². The molecule has 0 saturated carbocycles. The molecule has 0 bridgehead atoms. The van der Waals surface area contributed by atoms with E-state index in [1.165, 1.54) is 19.3 Å². The van der Waals surface area contributed by atoms with Gasteiger partial charge in [-0.1, -0.05) is 31.9 Å². The Morgan fingerprint density at radius 2 is 2.11 bits per heavy atom. The first-order valence-corrected chi connectivity index (χ1v) is 8.05. The molecule has 0 aliphatic carbocycles. The van der Waals surface area contributed by atoms with Gasteiger partial charge in [0.1, 0.15) is 0 Å². The predicted octanol–water partition coefficient (Wildman–Crippen LogP) is 4.49. The molecule has 1 unspecified atom stereocenters. The lowest BCUT2D eigenvalue weighted by atomic mass is 9.96. The minimum atomic E-state index is 0.171. The number of halogens is 1. The molecule has 1 heterocycles. The lowest BCUT2D eigenvalue weighted by Crippen LogP contribution is -2.32. The molecule has 0 aromatic heterocycles. The Morgan fingerprint density at radius 1 is 1.32 bits per heavy atom. The predicted molar refractivity (Wildman–Crippen MR) is 82.3 cm³/mol. The molecule has 1 amide bonds. The zero-order chi connectivity index (χ0) is 13.7. The summed E-state index contributed by atoms with van der Waals surface area (Å²) < 4.78 is 0.898. The largest absolute Gasteiger partial charge is 0.339 e. The van der Waals surface area contributed by atoms with Crippen LogP contribution < -0.4 is 0 Å². The summed E-state index contributed by atoms with van der Waals surface area (Å²) in [5, 5.41) is 0. The summed E-state index contributed by atoms with van der Waals surface area (Å²) in [5.41, 5.74) is 0.788. The molecule has 2 rings (SSSR count). The van der Waals surface area contributed by atoms with Gasteiger partial charge in [0.15, 0.2) is 0 Å². The first-order chi connectivity index (χ1) is 9.22. The molecule has 19 heavy (non-hydrogen) atoms. The van der Waals surface area contributed by atoms with Crippen LogP contribution in [0, 0.1) is 5.92 Å². The number of hydrogen-bond acceptors (Lipinski definition) is 1. The van der Waals surface area contributed by atoms with Crippen LogP contribution in [0.1, 0.15) is 49.4 Å². The Balaban J connectivity index is 2.02. The molecule has 0 N–H and O–H groups in total. The normalized spacial score (nSPS) is 20.1. The van der Waals surface area contributed by atoms with E-state index in [0.29, 0.717) is 0 Å². The lowest BCUT2D eigenvalue weighted by molar-refractivity contribution is 0.0759. The molecule has 1 aliphatic rings. The Kier molecular flexibility index (Phi) is 5.44. The second-order valence-electron chi connectivity index (χ2n) is 5.36. The second kappa shape index (κ2) is 7.09. The van der Waals surface area contributed by atoms with Crippen LogP contribution in [0.4, 0.5) is 0 Å². The van der Waals surface area contributed by atoms with Gasteiger partial charge in [-0.15, -0.1) is 0 Å². The van der Waals surface area contributed by atoms with E-state index in [2.05, 4.69) is 22.9 Å². The molecule has 1 aromatic carbocycles. The summed E-state index contributed by atoms with van der Waals surface area (Å²) in [6.45, 7) is 4.06. The number of likely N-dealkylation sites (tertiary alicyclic amines) is 1. The topological polar surface area (TPSA) is 20.3 Å². The van der Waals surface area contributed by atoms with Crippen molar-refractivity contribution in [3.8, 4) is 0 Å².